The number of alkyl halides is 3. The highest BCUT2D eigenvalue weighted by molar-refractivity contribution is 14.1. The molecule has 54 valence electrons. The van der Waals surface area contributed by atoms with Crippen molar-refractivity contribution in [2.24, 2.45) is 0 Å². The van der Waals surface area contributed by atoms with Crippen molar-refractivity contribution in [2.75, 3.05) is 0 Å². The van der Waals surface area contributed by atoms with Crippen molar-refractivity contribution in [1.29, 1.82) is 0 Å². The molecule has 0 aromatic rings. The van der Waals surface area contributed by atoms with Gasteiger partial charge in [0.2, 0.25) is 0 Å². The topological polar surface area (TPSA) is 0 Å². The van der Waals surface area contributed by atoms with Crippen LogP contribution in [-0.4, -0.2) is 14.7 Å². The molecule has 3 atom stereocenters. The summed E-state index contributed by atoms with van der Waals surface area (Å²) in [6.45, 7) is 0. The molecule has 0 aliphatic heterocycles. The van der Waals surface area contributed by atoms with Gasteiger partial charge < -0.3 is 0 Å². The predicted molar refractivity (Wildman–Crippen MR) is 50.9 cm³/mol. The van der Waals surface area contributed by atoms with E-state index < -0.39 is 0 Å². The van der Waals surface area contributed by atoms with Gasteiger partial charge in [-0.3, -0.25) is 0 Å². The van der Waals surface area contributed by atoms with E-state index in [9.17, 15) is 0 Å². The second kappa shape index (κ2) is 3.63. The van der Waals surface area contributed by atoms with E-state index in [4.69, 9.17) is 23.2 Å². The Morgan fingerprint density at radius 3 is 2.33 bits per heavy atom. The van der Waals surface area contributed by atoms with Gasteiger partial charge in [-0.25, -0.2) is 0 Å². The highest BCUT2D eigenvalue weighted by Gasteiger charge is 2.28. The van der Waals surface area contributed by atoms with E-state index in [0.717, 1.165) is 6.42 Å². The Bertz CT molecular complexity index is 87.1. The van der Waals surface area contributed by atoms with Crippen LogP contribution in [0.15, 0.2) is 0 Å². The molecular weight excluding hydrogens is 270 g/mol. The van der Waals surface area contributed by atoms with Crippen LogP contribution in [-0.2, 0) is 0 Å². The van der Waals surface area contributed by atoms with Crippen molar-refractivity contribution in [3.05, 3.63) is 0 Å². The van der Waals surface area contributed by atoms with Gasteiger partial charge in [0.1, 0.15) is 0 Å². The fraction of sp³-hybridized carbons (Fsp3) is 1.00. The van der Waals surface area contributed by atoms with Crippen LogP contribution >= 0.6 is 45.8 Å². The van der Waals surface area contributed by atoms with Gasteiger partial charge in [0.15, 0.2) is 0 Å². The van der Waals surface area contributed by atoms with Crippen LogP contribution in [0.5, 0.6) is 0 Å². The largest absolute Gasteiger partial charge is 0.121 e. The minimum atomic E-state index is 0.195. The lowest BCUT2D eigenvalue weighted by atomic mass is 10.00. The first kappa shape index (κ1) is 8.41. The first-order valence-electron chi connectivity index (χ1n) is 3.14. The zero-order chi connectivity index (χ0) is 6.85. The Balaban J connectivity index is 2.41. The molecule has 0 spiro atoms. The van der Waals surface area contributed by atoms with Crippen LogP contribution in [0.25, 0.3) is 0 Å². The minimum Gasteiger partial charge on any atom is -0.121 e. The van der Waals surface area contributed by atoms with Crippen LogP contribution in [0.4, 0.5) is 0 Å². The molecule has 0 nitrogen and oxygen atoms in total. The monoisotopic (exact) mass is 278 g/mol. The normalized spacial score (nSPS) is 45.0. The average molecular weight is 279 g/mol. The third-order valence-electron chi connectivity index (χ3n) is 1.65. The summed E-state index contributed by atoms with van der Waals surface area (Å²) in [5.41, 5.74) is 0. The first-order chi connectivity index (χ1) is 4.22. The average Bonchev–Trinajstić information content (AvgIpc) is 1.83. The summed E-state index contributed by atoms with van der Waals surface area (Å²) >= 11 is 14.3. The van der Waals surface area contributed by atoms with Crippen LogP contribution in [0.1, 0.15) is 19.3 Å². The Hall–Kier alpha value is 1.31. The van der Waals surface area contributed by atoms with Crippen molar-refractivity contribution < 1.29 is 0 Å². The lowest BCUT2D eigenvalue weighted by Gasteiger charge is -2.26. The summed E-state index contributed by atoms with van der Waals surface area (Å²) in [6.07, 6.45) is 3.57. The maximum absolute atomic E-state index is 5.98. The van der Waals surface area contributed by atoms with Crippen molar-refractivity contribution in [3.8, 4) is 0 Å². The van der Waals surface area contributed by atoms with Crippen molar-refractivity contribution in [2.45, 2.75) is 33.9 Å². The quantitative estimate of drug-likeness (QED) is 0.472. The molecular formula is C6H9Cl2I. The first-order valence-corrected chi connectivity index (χ1v) is 5.26. The molecule has 0 radical (unpaired) electrons. The standard InChI is InChI=1S/C6H9Cl2I/c7-4-2-1-3-5(9)6(4)8/h4-6H,1-3H2. The zero-order valence-corrected chi connectivity index (χ0v) is 8.66. The highest BCUT2D eigenvalue weighted by Crippen LogP contribution is 2.32. The van der Waals surface area contributed by atoms with Crippen molar-refractivity contribution in [1.82, 2.24) is 0 Å². The number of hydrogen-bond donors (Lipinski definition) is 0. The molecule has 0 amide bonds. The molecule has 1 fully saturated rings. The van der Waals surface area contributed by atoms with Gasteiger partial charge in [0, 0.05) is 3.92 Å². The summed E-state index contributed by atoms with van der Waals surface area (Å²) in [6, 6.07) is 0. The Labute approximate surface area is 79.4 Å². The maximum Gasteiger partial charge on any atom is 0.0617 e. The molecule has 3 unspecified atom stereocenters. The summed E-state index contributed by atoms with van der Waals surface area (Å²) in [5, 5.41) is 0.406. The van der Waals surface area contributed by atoms with Crippen LogP contribution in [0.3, 0.4) is 0 Å². The molecule has 1 aliphatic rings. The van der Waals surface area contributed by atoms with E-state index >= 15 is 0 Å². The molecule has 0 saturated heterocycles. The van der Waals surface area contributed by atoms with Gasteiger partial charge in [-0.05, 0) is 12.8 Å². The SMILES string of the molecule is ClC1CCCC(I)C1Cl. The van der Waals surface area contributed by atoms with Crippen LogP contribution in [0.2, 0.25) is 0 Å². The number of rotatable bonds is 0. The molecule has 1 rings (SSSR count). The smallest absolute Gasteiger partial charge is 0.0617 e. The summed E-state index contributed by atoms with van der Waals surface area (Å²) in [5.74, 6) is 0. The third kappa shape index (κ3) is 2.12. The molecule has 1 aliphatic carbocycles. The van der Waals surface area contributed by atoms with E-state index in [-0.39, 0.29) is 10.8 Å². The van der Waals surface area contributed by atoms with Gasteiger partial charge >= 0.3 is 0 Å². The van der Waals surface area contributed by atoms with Crippen LogP contribution in [0, 0.1) is 0 Å². The van der Waals surface area contributed by atoms with Gasteiger partial charge in [0.25, 0.3) is 0 Å². The summed E-state index contributed by atoms with van der Waals surface area (Å²) in [4.78, 5) is 0. The molecule has 0 heterocycles. The summed E-state index contributed by atoms with van der Waals surface area (Å²) < 4.78 is 0.584. The lowest BCUT2D eigenvalue weighted by molar-refractivity contribution is 0.541. The fourth-order valence-corrected chi connectivity index (χ4v) is 2.82. The van der Waals surface area contributed by atoms with Gasteiger partial charge in [0.05, 0.1) is 10.8 Å². The number of hydrogen-bond acceptors (Lipinski definition) is 0. The molecule has 9 heavy (non-hydrogen) atoms. The second-order valence-electron chi connectivity index (χ2n) is 2.41. The maximum atomic E-state index is 5.98. The lowest BCUT2D eigenvalue weighted by Crippen LogP contribution is -2.29. The summed E-state index contributed by atoms with van der Waals surface area (Å²) in [7, 11) is 0. The number of halogens is 3. The van der Waals surface area contributed by atoms with Gasteiger partial charge in [-0.1, -0.05) is 29.0 Å². The highest BCUT2D eigenvalue weighted by atomic mass is 127. The molecule has 0 N–H and O–H groups in total. The second-order valence-corrected chi connectivity index (χ2v) is 5.07. The molecule has 0 bridgehead atoms. The molecule has 3 heteroatoms. The predicted octanol–water partition coefficient (Wildman–Crippen LogP) is 3.19. The Morgan fingerprint density at radius 2 is 1.89 bits per heavy atom. The van der Waals surface area contributed by atoms with E-state index in [1.807, 2.05) is 0 Å². The Morgan fingerprint density at radius 1 is 1.22 bits per heavy atom. The fourth-order valence-electron chi connectivity index (χ4n) is 1.05. The van der Waals surface area contributed by atoms with E-state index in [2.05, 4.69) is 22.6 Å². The molecule has 0 aromatic heterocycles. The molecule has 1 saturated carbocycles. The van der Waals surface area contributed by atoms with E-state index in [0.29, 0.717) is 3.92 Å². The minimum absolute atomic E-state index is 0.195. The van der Waals surface area contributed by atoms with E-state index in [1.165, 1.54) is 12.8 Å². The Kier molecular flexibility index (Phi) is 3.39. The van der Waals surface area contributed by atoms with E-state index in [1.54, 1.807) is 0 Å². The van der Waals surface area contributed by atoms with Crippen molar-refractivity contribution >= 4 is 45.8 Å². The zero-order valence-electron chi connectivity index (χ0n) is 4.99. The van der Waals surface area contributed by atoms with Crippen LogP contribution < -0.4 is 0 Å². The van der Waals surface area contributed by atoms with Gasteiger partial charge in [-0.15, -0.1) is 23.2 Å². The third-order valence-corrected chi connectivity index (χ3v) is 4.70. The molecule has 0 aromatic carbocycles. The van der Waals surface area contributed by atoms with Crippen molar-refractivity contribution in [3.63, 3.8) is 0 Å². The van der Waals surface area contributed by atoms with Gasteiger partial charge in [-0.2, -0.15) is 0 Å².